The van der Waals surface area contributed by atoms with Crippen LogP contribution in [0.2, 0.25) is 0 Å². The number of carbonyl (C=O) groups excluding carboxylic acids is 2. The molecule has 2 aliphatic rings. The molecule has 1 aromatic rings. The number of benzene rings is 1. The van der Waals surface area contributed by atoms with Crippen molar-refractivity contribution >= 4 is 23.4 Å². The van der Waals surface area contributed by atoms with Gasteiger partial charge in [0, 0.05) is 19.2 Å². The molecule has 7 heteroatoms. The van der Waals surface area contributed by atoms with Crippen LogP contribution in [0.1, 0.15) is 56.6 Å². The van der Waals surface area contributed by atoms with Gasteiger partial charge < -0.3 is 19.7 Å². The Morgan fingerprint density at radius 1 is 1.17 bits per heavy atom. The number of methoxy groups -OCH3 is 1. The Bertz CT molecular complexity index is 670. The van der Waals surface area contributed by atoms with E-state index in [2.05, 4.69) is 5.32 Å². The van der Waals surface area contributed by atoms with Crippen molar-refractivity contribution < 1.29 is 19.1 Å². The molecule has 1 saturated heterocycles. The number of amides is 2. The Balaban J connectivity index is 1.86. The lowest BCUT2D eigenvalue weighted by molar-refractivity contribution is -0.141. The van der Waals surface area contributed by atoms with Crippen LogP contribution in [-0.2, 0) is 14.3 Å². The average molecular weight is 423 g/mol. The highest BCUT2D eigenvalue weighted by atomic mass is 35.5. The van der Waals surface area contributed by atoms with Crippen LogP contribution < -0.4 is 10.1 Å². The van der Waals surface area contributed by atoms with Gasteiger partial charge in [-0.1, -0.05) is 31.4 Å². The van der Waals surface area contributed by atoms with Crippen molar-refractivity contribution in [2.75, 3.05) is 26.1 Å². The molecule has 1 N–H and O–H groups in total. The Labute approximate surface area is 177 Å². The standard InChI is InChI=1S/C22H31ClN2O4/c1-28-18-11-9-16(10-12-18)21(22(27)24-17-6-3-2-4-7-17)25(20(26)14-23)15-19-8-5-13-29-19/h9-12,17,19,21H,2-8,13-15H2,1H3,(H,24,27)/t19-,21+/m1/s1. The van der Waals surface area contributed by atoms with Crippen LogP contribution >= 0.6 is 11.6 Å². The van der Waals surface area contributed by atoms with Crippen LogP contribution in [0.5, 0.6) is 5.75 Å². The van der Waals surface area contributed by atoms with E-state index in [1.165, 1.54) is 6.42 Å². The molecule has 0 unspecified atom stereocenters. The van der Waals surface area contributed by atoms with Crippen LogP contribution in [0, 0.1) is 0 Å². The van der Waals surface area contributed by atoms with Gasteiger partial charge >= 0.3 is 0 Å². The van der Waals surface area contributed by atoms with Crippen LogP contribution in [0.25, 0.3) is 0 Å². The van der Waals surface area contributed by atoms with Gasteiger partial charge in [0.05, 0.1) is 13.2 Å². The smallest absolute Gasteiger partial charge is 0.247 e. The van der Waals surface area contributed by atoms with Crippen molar-refractivity contribution in [3.8, 4) is 5.75 Å². The molecule has 2 atom stereocenters. The number of halogens is 1. The zero-order chi connectivity index (χ0) is 20.6. The van der Waals surface area contributed by atoms with Crippen LogP contribution in [0.4, 0.5) is 0 Å². The zero-order valence-corrected chi connectivity index (χ0v) is 17.8. The number of nitrogens with one attached hydrogen (secondary N) is 1. The summed E-state index contributed by atoms with van der Waals surface area (Å²) in [6.45, 7) is 1.05. The largest absolute Gasteiger partial charge is 0.497 e. The van der Waals surface area contributed by atoms with Gasteiger partial charge in [-0.3, -0.25) is 9.59 Å². The zero-order valence-electron chi connectivity index (χ0n) is 17.1. The minimum atomic E-state index is -0.738. The van der Waals surface area contributed by atoms with Gasteiger partial charge in [0.1, 0.15) is 17.7 Å². The SMILES string of the molecule is COc1ccc([C@@H](C(=O)NC2CCCCC2)N(C[C@H]2CCCO2)C(=O)CCl)cc1. The summed E-state index contributed by atoms with van der Waals surface area (Å²) in [5, 5.41) is 3.18. The molecule has 0 bridgehead atoms. The van der Waals surface area contributed by atoms with Gasteiger partial charge in [-0.15, -0.1) is 11.6 Å². The maximum absolute atomic E-state index is 13.4. The number of hydrogen-bond acceptors (Lipinski definition) is 4. The first kappa shape index (κ1) is 21.9. The molecule has 1 aliphatic carbocycles. The summed E-state index contributed by atoms with van der Waals surface area (Å²) >= 11 is 5.92. The molecular formula is C22H31ClN2O4. The van der Waals surface area contributed by atoms with Crippen molar-refractivity contribution in [3.05, 3.63) is 29.8 Å². The third kappa shape index (κ3) is 5.86. The van der Waals surface area contributed by atoms with Gasteiger partial charge in [-0.05, 0) is 43.4 Å². The fourth-order valence-corrected chi connectivity index (χ4v) is 4.38. The van der Waals surface area contributed by atoms with Crippen molar-refractivity contribution in [1.29, 1.82) is 0 Å². The molecule has 1 saturated carbocycles. The second-order valence-corrected chi connectivity index (χ2v) is 8.10. The molecule has 0 spiro atoms. The number of nitrogens with zero attached hydrogens (tertiary/aromatic N) is 1. The number of alkyl halides is 1. The lowest BCUT2D eigenvalue weighted by Crippen LogP contribution is -2.49. The van der Waals surface area contributed by atoms with E-state index >= 15 is 0 Å². The molecule has 6 nitrogen and oxygen atoms in total. The van der Waals surface area contributed by atoms with Gasteiger partial charge in [0.2, 0.25) is 11.8 Å². The molecule has 2 amide bonds. The number of ether oxygens (including phenoxy) is 2. The monoisotopic (exact) mass is 422 g/mol. The second kappa shape index (κ2) is 10.8. The normalized spacial score (nSPS) is 20.8. The lowest BCUT2D eigenvalue weighted by Gasteiger charge is -2.34. The van der Waals surface area contributed by atoms with Crippen LogP contribution in [0.15, 0.2) is 24.3 Å². The minimum Gasteiger partial charge on any atom is -0.497 e. The number of carbonyl (C=O) groups is 2. The van der Waals surface area contributed by atoms with E-state index in [9.17, 15) is 9.59 Å². The Morgan fingerprint density at radius 3 is 2.48 bits per heavy atom. The highest BCUT2D eigenvalue weighted by Crippen LogP contribution is 2.27. The summed E-state index contributed by atoms with van der Waals surface area (Å²) in [6.07, 6.45) is 7.21. The van der Waals surface area contributed by atoms with Crippen molar-refractivity contribution in [3.63, 3.8) is 0 Å². The number of rotatable bonds is 8. The van der Waals surface area contributed by atoms with E-state index in [1.54, 1.807) is 12.0 Å². The predicted octanol–water partition coefficient (Wildman–Crippen LogP) is 3.43. The summed E-state index contributed by atoms with van der Waals surface area (Å²) in [6, 6.07) is 6.73. The van der Waals surface area contributed by atoms with Crippen LogP contribution in [0.3, 0.4) is 0 Å². The summed E-state index contributed by atoms with van der Waals surface area (Å²) in [5.74, 6) is 0.116. The molecule has 1 aliphatic heterocycles. The molecule has 0 radical (unpaired) electrons. The summed E-state index contributed by atoms with van der Waals surface area (Å²) in [5.41, 5.74) is 0.746. The van der Waals surface area contributed by atoms with Crippen molar-refractivity contribution in [1.82, 2.24) is 10.2 Å². The average Bonchev–Trinajstić information content (AvgIpc) is 3.27. The maximum atomic E-state index is 13.4. The fourth-order valence-electron chi connectivity index (χ4n) is 4.22. The molecule has 1 aromatic carbocycles. The Kier molecular flexibility index (Phi) is 8.19. The first-order chi connectivity index (χ1) is 14.1. The maximum Gasteiger partial charge on any atom is 0.247 e. The third-order valence-electron chi connectivity index (χ3n) is 5.80. The Morgan fingerprint density at radius 2 is 1.90 bits per heavy atom. The first-order valence-corrected chi connectivity index (χ1v) is 11.1. The fraction of sp³-hybridized carbons (Fsp3) is 0.636. The summed E-state index contributed by atoms with van der Waals surface area (Å²) in [7, 11) is 1.60. The van der Waals surface area contributed by atoms with E-state index in [0.29, 0.717) is 18.9 Å². The topological polar surface area (TPSA) is 67.9 Å². The Hall–Kier alpha value is -1.79. The first-order valence-electron chi connectivity index (χ1n) is 10.5. The van der Waals surface area contributed by atoms with E-state index in [4.69, 9.17) is 21.1 Å². The van der Waals surface area contributed by atoms with E-state index in [0.717, 1.165) is 44.1 Å². The summed E-state index contributed by atoms with van der Waals surface area (Å²) in [4.78, 5) is 27.7. The van der Waals surface area contributed by atoms with Crippen molar-refractivity contribution in [2.45, 2.75) is 63.1 Å². The lowest BCUT2D eigenvalue weighted by atomic mass is 9.94. The number of hydrogen-bond donors (Lipinski definition) is 1. The van der Waals surface area contributed by atoms with Gasteiger partial charge in [-0.25, -0.2) is 0 Å². The molecular weight excluding hydrogens is 392 g/mol. The summed E-state index contributed by atoms with van der Waals surface area (Å²) < 4.78 is 11.0. The third-order valence-corrected chi connectivity index (χ3v) is 6.03. The molecule has 0 aromatic heterocycles. The van der Waals surface area contributed by atoms with Crippen LogP contribution in [-0.4, -0.2) is 55.0 Å². The molecule has 1 heterocycles. The molecule has 2 fully saturated rings. The highest BCUT2D eigenvalue weighted by molar-refractivity contribution is 6.27. The van der Waals surface area contributed by atoms with Gasteiger partial charge in [-0.2, -0.15) is 0 Å². The minimum absolute atomic E-state index is 0.0644. The predicted molar refractivity (Wildman–Crippen MR) is 112 cm³/mol. The molecule has 3 rings (SSSR count). The second-order valence-electron chi connectivity index (χ2n) is 7.83. The molecule has 160 valence electrons. The molecule has 29 heavy (non-hydrogen) atoms. The highest BCUT2D eigenvalue weighted by Gasteiger charge is 2.34. The van der Waals surface area contributed by atoms with Crippen molar-refractivity contribution in [2.24, 2.45) is 0 Å². The van der Waals surface area contributed by atoms with E-state index < -0.39 is 6.04 Å². The van der Waals surface area contributed by atoms with E-state index in [-0.39, 0.29) is 29.8 Å². The van der Waals surface area contributed by atoms with Gasteiger partial charge in [0.15, 0.2) is 0 Å². The van der Waals surface area contributed by atoms with Gasteiger partial charge in [0.25, 0.3) is 0 Å². The van der Waals surface area contributed by atoms with E-state index in [1.807, 2.05) is 24.3 Å². The quantitative estimate of drug-likeness (QED) is 0.651.